The average Bonchev–Trinajstić information content (AvgIpc) is 1.82. The monoisotopic (exact) mass is 171 g/mol. The Morgan fingerprint density at radius 2 is 2.38 bits per heavy atom. The molecule has 0 radical (unpaired) electrons. The van der Waals surface area contributed by atoms with Crippen molar-refractivity contribution in [3.63, 3.8) is 0 Å². The summed E-state index contributed by atoms with van der Waals surface area (Å²) in [5.41, 5.74) is 0. The molecule has 1 fully saturated rings. The highest BCUT2D eigenvalue weighted by Crippen LogP contribution is 2.19. The van der Waals surface area contributed by atoms with Crippen molar-refractivity contribution in [2.75, 3.05) is 0 Å². The molecule has 46 valence electrons. The molecule has 0 aromatic rings. The van der Waals surface area contributed by atoms with Crippen molar-refractivity contribution in [3.05, 3.63) is 0 Å². The van der Waals surface area contributed by atoms with Crippen LogP contribution in [0, 0.1) is 0 Å². The van der Waals surface area contributed by atoms with Gasteiger partial charge in [0.25, 0.3) is 4.38 Å². The van der Waals surface area contributed by atoms with E-state index in [-0.39, 0.29) is 4.38 Å². The van der Waals surface area contributed by atoms with Crippen molar-refractivity contribution in [2.24, 2.45) is 0 Å². The standard InChI is InChI=1S/CHNO3S3/c3-8(4)2-5-1(6)7-8/h2H. The molecule has 0 unspecified atom stereocenters. The third-order valence-corrected chi connectivity index (χ3v) is 3.10. The number of hydrogen-bond donors (Lipinski definition) is 1. The molecule has 0 aromatic carbocycles. The normalized spacial score (nSPS) is 25.2. The van der Waals surface area contributed by atoms with Gasteiger partial charge in [-0.3, -0.25) is 0 Å². The lowest BCUT2D eigenvalue weighted by Gasteiger charge is -1.82. The van der Waals surface area contributed by atoms with E-state index in [0.717, 1.165) is 0 Å². The molecule has 1 aliphatic heterocycles. The number of thiocarbonyl (C=S) groups is 1. The Balaban J connectivity index is 2.86. The molecular formula is CHNO3S3. The molecule has 0 saturated carbocycles. The van der Waals surface area contributed by atoms with Gasteiger partial charge in [0.15, 0.2) is 0 Å². The number of nitrogens with one attached hydrogen (secondary N) is 1. The Hall–Kier alpha value is 0.150. The van der Waals surface area contributed by atoms with Gasteiger partial charge in [-0.05, 0) is 17.1 Å². The van der Waals surface area contributed by atoms with E-state index < -0.39 is 9.06 Å². The Labute approximate surface area is 55.0 Å². The van der Waals surface area contributed by atoms with Crippen molar-refractivity contribution in [2.45, 2.75) is 0 Å². The van der Waals surface area contributed by atoms with E-state index >= 15 is 0 Å². The van der Waals surface area contributed by atoms with Gasteiger partial charge in [0.05, 0.1) is 10.8 Å². The Bertz CT molecular complexity index is 205. The van der Waals surface area contributed by atoms with E-state index in [0.29, 0.717) is 10.8 Å². The minimum Gasteiger partial charge on any atom is -0.373 e. The van der Waals surface area contributed by atoms with Gasteiger partial charge < -0.3 is 4.84 Å². The third-order valence-electron chi connectivity index (χ3n) is 0.405. The van der Waals surface area contributed by atoms with Gasteiger partial charge in [0.2, 0.25) is 0 Å². The van der Waals surface area contributed by atoms with Crippen LogP contribution in [0.3, 0.4) is 0 Å². The lowest BCUT2D eigenvalue weighted by Crippen LogP contribution is -2.10. The fourth-order valence-electron chi connectivity index (χ4n) is 0.209. The largest absolute Gasteiger partial charge is 0.373 e. The zero-order valence-corrected chi connectivity index (χ0v) is 5.90. The number of rotatable bonds is 0. The van der Waals surface area contributed by atoms with E-state index in [9.17, 15) is 8.42 Å². The molecule has 1 N–H and O–H groups in total. The summed E-state index contributed by atoms with van der Waals surface area (Å²) in [6.07, 6.45) is 0. The van der Waals surface area contributed by atoms with Gasteiger partial charge in [-0.1, -0.05) is 0 Å². The summed E-state index contributed by atoms with van der Waals surface area (Å²) < 4.78 is 20.6. The molecule has 0 amide bonds. The minimum atomic E-state index is -3.29. The molecule has 0 aliphatic carbocycles. The molecule has 7 heteroatoms. The highest BCUT2D eigenvalue weighted by molar-refractivity contribution is 8.79. The van der Waals surface area contributed by atoms with Crippen LogP contribution in [0.2, 0.25) is 0 Å². The lowest BCUT2D eigenvalue weighted by atomic mass is 11.7. The topological polar surface area (TPSA) is 55.4 Å². The molecule has 8 heavy (non-hydrogen) atoms. The van der Waals surface area contributed by atoms with Crippen molar-refractivity contribution in [1.82, 2.24) is 4.89 Å². The van der Waals surface area contributed by atoms with Gasteiger partial charge >= 0.3 is 9.06 Å². The van der Waals surface area contributed by atoms with E-state index in [1.807, 2.05) is 0 Å². The molecule has 0 atom stereocenters. The Morgan fingerprint density at radius 1 is 1.75 bits per heavy atom. The molecule has 0 spiro atoms. The van der Waals surface area contributed by atoms with Crippen LogP contribution < -0.4 is 4.89 Å². The van der Waals surface area contributed by atoms with E-state index in [2.05, 4.69) is 17.1 Å². The van der Waals surface area contributed by atoms with Crippen LogP contribution >= 0.6 is 23.0 Å². The summed E-state index contributed by atoms with van der Waals surface area (Å²) in [6.45, 7) is 0. The van der Waals surface area contributed by atoms with Gasteiger partial charge in [-0.2, -0.15) is 8.42 Å². The summed E-state index contributed by atoms with van der Waals surface area (Å²) in [7, 11) is -2.80. The summed E-state index contributed by atoms with van der Waals surface area (Å²) in [4.78, 5) is 5.96. The van der Waals surface area contributed by atoms with Crippen LogP contribution in [0.25, 0.3) is 0 Å². The maximum Gasteiger partial charge on any atom is 0.304 e. The van der Waals surface area contributed by atoms with Crippen molar-refractivity contribution >= 4 is 36.4 Å². The summed E-state index contributed by atoms with van der Waals surface area (Å²) >= 11 is 4.37. The second kappa shape index (κ2) is 1.83. The van der Waals surface area contributed by atoms with Crippen LogP contribution in [0.15, 0.2) is 0 Å². The average molecular weight is 171 g/mol. The van der Waals surface area contributed by atoms with Crippen molar-refractivity contribution < 1.29 is 13.3 Å². The third kappa shape index (κ3) is 1.31. The SMILES string of the molecule is O=S1(=O)NOC(=S)S1. The quantitative estimate of drug-likeness (QED) is 0.403. The lowest BCUT2D eigenvalue weighted by molar-refractivity contribution is 0.280. The highest BCUT2D eigenvalue weighted by atomic mass is 33.1. The first-order chi connectivity index (χ1) is 3.60. The molecule has 1 aliphatic rings. The predicted octanol–water partition coefficient (Wildman–Crippen LogP) is -0.216. The van der Waals surface area contributed by atoms with E-state index in [4.69, 9.17) is 0 Å². The Morgan fingerprint density at radius 3 is 2.50 bits per heavy atom. The molecule has 4 nitrogen and oxygen atoms in total. The Kier molecular flexibility index (Phi) is 1.44. The first-order valence-corrected chi connectivity index (χ1v) is 4.75. The molecule has 1 rings (SSSR count). The molecule has 0 aromatic heterocycles. The second-order valence-electron chi connectivity index (χ2n) is 0.973. The van der Waals surface area contributed by atoms with Crippen LogP contribution in [0.1, 0.15) is 0 Å². The molecule has 0 bridgehead atoms. The van der Waals surface area contributed by atoms with Crippen LogP contribution in [0.4, 0.5) is 0 Å². The van der Waals surface area contributed by atoms with E-state index in [1.54, 1.807) is 4.89 Å². The van der Waals surface area contributed by atoms with Crippen LogP contribution in [-0.4, -0.2) is 12.8 Å². The molecular weight excluding hydrogens is 170 g/mol. The van der Waals surface area contributed by atoms with Gasteiger partial charge in [0, 0.05) is 0 Å². The van der Waals surface area contributed by atoms with Crippen molar-refractivity contribution in [1.29, 1.82) is 0 Å². The fraction of sp³-hybridized carbons (Fsp3) is 0. The van der Waals surface area contributed by atoms with Gasteiger partial charge in [-0.25, -0.2) is 0 Å². The first-order valence-electron chi connectivity index (χ1n) is 1.52. The second-order valence-corrected chi connectivity index (χ2v) is 5.03. The molecule has 1 heterocycles. The zero-order valence-electron chi connectivity index (χ0n) is 3.45. The maximum absolute atomic E-state index is 10.3. The number of hydrogen-bond acceptors (Lipinski definition) is 5. The smallest absolute Gasteiger partial charge is 0.304 e. The van der Waals surface area contributed by atoms with Gasteiger partial charge in [0.1, 0.15) is 0 Å². The minimum absolute atomic E-state index is 0.00926. The summed E-state index contributed by atoms with van der Waals surface area (Å²) in [5.74, 6) is 0. The molecule has 1 saturated heterocycles. The first kappa shape index (κ1) is 6.27. The highest BCUT2D eigenvalue weighted by Gasteiger charge is 2.24. The zero-order chi connectivity index (χ0) is 6.20. The van der Waals surface area contributed by atoms with Gasteiger partial charge in [-0.15, -0.1) is 0 Å². The maximum atomic E-state index is 10.3. The summed E-state index contributed by atoms with van der Waals surface area (Å²) in [5, 5.41) is 0. The van der Waals surface area contributed by atoms with E-state index in [1.165, 1.54) is 0 Å². The van der Waals surface area contributed by atoms with Crippen LogP contribution in [-0.2, 0) is 13.9 Å². The fourth-order valence-corrected chi connectivity index (χ4v) is 2.48. The van der Waals surface area contributed by atoms with Crippen LogP contribution in [0.5, 0.6) is 0 Å². The van der Waals surface area contributed by atoms with Crippen molar-refractivity contribution in [3.8, 4) is 0 Å². The summed E-state index contributed by atoms with van der Waals surface area (Å²) in [6, 6.07) is 0. The predicted molar refractivity (Wildman–Crippen MR) is 33.3 cm³/mol.